The van der Waals surface area contributed by atoms with Gasteiger partial charge in [0.25, 0.3) is 5.91 Å². The van der Waals surface area contributed by atoms with Crippen LogP contribution in [-0.2, 0) is 6.42 Å². The van der Waals surface area contributed by atoms with Crippen molar-refractivity contribution in [2.24, 2.45) is 0 Å². The first kappa shape index (κ1) is 14.3. The quantitative estimate of drug-likeness (QED) is 0.662. The summed E-state index contributed by atoms with van der Waals surface area (Å²) in [5.74, 6) is -0.118. The molecule has 0 saturated heterocycles. The predicted octanol–water partition coefficient (Wildman–Crippen LogP) is 3.58. The van der Waals surface area contributed by atoms with Gasteiger partial charge in [-0.3, -0.25) is 9.89 Å². The molecule has 116 valence electrons. The largest absolute Gasteiger partial charge is 0.399 e. The summed E-state index contributed by atoms with van der Waals surface area (Å²) in [5, 5.41) is 9.51. The summed E-state index contributed by atoms with van der Waals surface area (Å²) < 4.78 is 0. The van der Waals surface area contributed by atoms with E-state index in [4.69, 9.17) is 17.3 Å². The Morgan fingerprint density at radius 2 is 2.26 bits per heavy atom. The number of nitrogens with one attached hydrogen (secondary N) is 1. The molecule has 0 bridgehead atoms. The number of carbonyl (C=O) groups is 1. The van der Waals surface area contributed by atoms with Crippen molar-refractivity contribution in [1.29, 1.82) is 0 Å². The van der Waals surface area contributed by atoms with Gasteiger partial charge in [-0.1, -0.05) is 11.6 Å². The number of anilines is 2. The van der Waals surface area contributed by atoms with Crippen molar-refractivity contribution in [3.05, 3.63) is 52.0 Å². The molecule has 0 unspecified atom stereocenters. The van der Waals surface area contributed by atoms with Crippen molar-refractivity contribution in [3.63, 3.8) is 0 Å². The zero-order valence-corrected chi connectivity index (χ0v) is 13.6. The number of thiophene rings is 1. The van der Waals surface area contributed by atoms with Crippen molar-refractivity contribution in [3.8, 4) is 10.6 Å². The first-order valence-corrected chi connectivity index (χ1v) is 8.38. The lowest BCUT2D eigenvalue weighted by Crippen LogP contribution is -2.32. The smallest absolute Gasteiger partial charge is 0.259 e. The number of hydrogen-bond donors (Lipinski definition) is 2. The van der Waals surface area contributed by atoms with E-state index in [-0.39, 0.29) is 5.91 Å². The van der Waals surface area contributed by atoms with E-state index in [1.807, 2.05) is 17.6 Å². The van der Waals surface area contributed by atoms with Crippen LogP contribution in [0.5, 0.6) is 0 Å². The summed E-state index contributed by atoms with van der Waals surface area (Å²) in [7, 11) is 0. The van der Waals surface area contributed by atoms with Crippen LogP contribution in [-0.4, -0.2) is 22.6 Å². The van der Waals surface area contributed by atoms with Gasteiger partial charge in [0, 0.05) is 17.8 Å². The molecule has 7 heteroatoms. The fraction of sp³-hybridized carbons (Fsp3) is 0.125. The highest BCUT2D eigenvalue weighted by Gasteiger charge is 2.28. The van der Waals surface area contributed by atoms with E-state index in [9.17, 15) is 4.79 Å². The average Bonchev–Trinajstić information content (AvgIpc) is 3.14. The lowest BCUT2D eigenvalue weighted by Gasteiger charge is -2.21. The van der Waals surface area contributed by atoms with Gasteiger partial charge >= 0.3 is 0 Å². The van der Waals surface area contributed by atoms with Crippen LogP contribution < -0.4 is 10.6 Å². The Hall–Kier alpha value is -2.31. The molecular formula is C16H13ClN4OS. The molecule has 1 amide bonds. The zero-order chi connectivity index (χ0) is 16.0. The molecule has 0 aliphatic carbocycles. The van der Waals surface area contributed by atoms with Crippen LogP contribution in [0.3, 0.4) is 0 Å². The maximum absolute atomic E-state index is 13.0. The average molecular weight is 345 g/mol. The summed E-state index contributed by atoms with van der Waals surface area (Å²) in [6.07, 6.45) is 2.56. The number of H-pyrrole nitrogens is 1. The molecule has 0 saturated carbocycles. The van der Waals surface area contributed by atoms with Gasteiger partial charge in [0.15, 0.2) is 0 Å². The van der Waals surface area contributed by atoms with Gasteiger partial charge in [0.1, 0.15) is 0 Å². The van der Waals surface area contributed by atoms with Crippen molar-refractivity contribution >= 4 is 40.2 Å². The van der Waals surface area contributed by atoms with Crippen LogP contribution >= 0.6 is 22.9 Å². The van der Waals surface area contributed by atoms with E-state index in [2.05, 4.69) is 10.2 Å². The van der Waals surface area contributed by atoms with Crippen LogP contribution in [0, 0.1) is 0 Å². The Labute approximate surface area is 141 Å². The zero-order valence-electron chi connectivity index (χ0n) is 12.0. The number of amides is 1. The first-order chi connectivity index (χ1) is 11.1. The molecule has 0 atom stereocenters. The Morgan fingerprint density at radius 1 is 1.39 bits per heavy atom. The number of aromatic amines is 1. The molecule has 0 fully saturated rings. The van der Waals surface area contributed by atoms with E-state index in [0.717, 1.165) is 28.2 Å². The Balaban J connectivity index is 1.78. The molecule has 23 heavy (non-hydrogen) atoms. The summed E-state index contributed by atoms with van der Waals surface area (Å²) in [6.45, 7) is 0.579. The summed E-state index contributed by atoms with van der Waals surface area (Å²) in [6, 6.07) is 6.93. The van der Waals surface area contributed by atoms with Crippen LogP contribution in [0.25, 0.3) is 10.6 Å². The third kappa shape index (κ3) is 2.31. The molecular weight excluding hydrogens is 332 g/mol. The lowest BCUT2D eigenvalue weighted by atomic mass is 10.1. The number of nitrogens with two attached hydrogens (primary N) is 1. The number of halogens is 1. The van der Waals surface area contributed by atoms with E-state index >= 15 is 0 Å². The molecule has 0 spiro atoms. The van der Waals surface area contributed by atoms with Crippen molar-refractivity contribution in [2.75, 3.05) is 17.2 Å². The number of nitrogen functional groups attached to an aromatic ring is 1. The molecule has 3 N–H and O–H groups in total. The number of benzene rings is 1. The van der Waals surface area contributed by atoms with Gasteiger partial charge in [-0.2, -0.15) is 5.10 Å². The van der Waals surface area contributed by atoms with Crippen molar-refractivity contribution in [1.82, 2.24) is 10.2 Å². The fourth-order valence-electron chi connectivity index (χ4n) is 2.81. The predicted molar refractivity (Wildman–Crippen MR) is 93.1 cm³/mol. The summed E-state index contributed by atoms with van der Waals surface area (Å²) >= 11 is 7.80. The number of carbonyl (C=O) groups excluding carboxylic acids is 1. The van der Waals surface area contributed by atoms with Crippen LogP contribution in [0.2, 0.25) is 5.02 Å². The molecule has 0 radical (unpaired) electrons. The van der Waals surface area contributed by atoms with Gasteiger partial charge < -0.3 is 10.6 Å². The Kier molecular flexibility index (Phi) is 3.36. The minimum Gasteiger partial charge on any atom is -0.399 e. The highest BCUT2D eigenvalue weighted by Crippen LogP contribution is 2.40. The third-order valence-corrected chi connectivity index (χ3v) is 5.19. The number of nitrogens with zero attached hydrogens (tertiary/aromatic N) is 2. The van der Waals surface area contributed by atoms with E-state index < -0.39 is 0 Å². The molecule has 3 heterocycles. The van der Waals surface area contributed by atoms with Crippen LogP contribution in [0.1, 0.15) is 15.9 Å². The summed E-state index contributed by atoms with van der Waals surface area (Å²) in [4.78, 5) is 15.8. The molecule has 2 aromatic heterocycles. The van der Waals surface area contributed by atoms with E-state index in [0.29, 0.717) is 22.8 Å². The van der Waals surface area contributed by atoms with E-state index in [1.54, 1.807) is 34.4 Å². The van der Waals surface area contributed by atoms with Gasteiger partial charge in [0.2, 0.25) is 0 Å². The van der Waals surface area contributed by atoms with Crippen LogP contribution in [0.4, 0.5) is 11.4 Å². The molecule has 1 aliphatic heterocycles. The van der Waals surface area contributed by atoms with Crippen molar-refractivity contribution < 1.29 is 4.79 Å². The Bertz CT molecular complexity index is 901. The van der Waals surface area contributed by atoms with Gasteiger partial charge in [-0.25, -0.2) is 0 Å². The number of fused-ring (bicyclic) bond motifs is 3. The topological polar surface area (TPSA) is 75.0 Å². The highest BCUT2D eigenvalue weighted by molar-refractivity contribution is 7.14. The third-order valence-electron chi connectivity index (χ3n) is 3.95. The second-order valence-electron chi connectivity index (χ2n) is 5.35. The summed E-state index contributed by atoms with van der Waals surface area (Å²) in [5.41, 5.74) is 9.71. The first-order valence-electron chi connectivity index (χ1n) is 7.12. The normalized spacial score (nSPS) is 13.3. The molecule has 4 rings (SSSR count). The number of hydrogen-bond acceptors (Lipinski definition) is 4. The molecule has 5 nitrogen and oxygen atoms in total. The van der Waals surface area contributed by atoms with Crippen LogP contribution in [0.15, 0.2) is 35.8 Å². The van der Waals surface area contributed by atoms with Gasteiger partial charge in [0.05, 0.1) is 33.0 Å². The lowest BCUT2D eigenvalue weighted by molar-refractivity contribution is 0.0987. The second-order valence-corrected chi connectivity index (χ2v) is 6.67. The highest BCUT2D eigenvalue weighted by atomic mass is 35.5. The van der Waals surface area contributed by atoms with Gasteiger partial charge in [-0.05, 0) is 36.1 Å². The molecule has 3 aromatic rings. The maximum Gasteiger partial charge on any atom is 0.259 e. The fourth-order valence-corrected chi connectivity index (χ4v) is 4.01. The standard InChI is InChI=1S/C16H13ClN4OS/c17-12-7-10(18)1-2-11(12)16(22)21-5-3-9-8-19-20-14(9)15-13(21)4-6-23-15/h1-2,4,6-8H,3,5,18H2,(H,19,20). The number of rotatable bonds is 1. The Morgan fingerprint density at radius 3 is 3.09 bits per heavy atom. The van der Waals surface area contributed by atoms with E-state index in [1.165, 1.54) is 0 Å². The maximum atomic E-state index is 13.0. The SMILES string of the molecule is Nc1ccc(C(=O)N2CCc3cn[nH]c3-c3sccc32)c(Cl)c1. The molecule has 1 aliphatic rings. The number of aromatic nitrogens is 2. The second kappa shape index (κ2) is 5.40. The minimum absolute atomic E-state index is 0.118. The van der Waals surface area contributed by atoms with Crippen molar-refractivity contribution in [2.45, 2.75) is 6.42 Å². The van der Waals surface area contributed by atoms with Gasteiger partial charge in [-0.15, -0.1) is 11.3 Å². The minimum atomic E-state index is -0.118. The molecule has 1 aromatic carbocycles. The monoisotopic (exact) mass is 344 g/mol.